The monoisotopic (exact) mass is 206 g/mol. The fraction of sp³-hybridized carbons (Fsp3) is 0. The molecule has 0 bridgehead atoms. The van der Waals surface area contributed by atoms with Crippen molar-refractivity contribution in [2.75, 3.05) is 0 Å². The van der Waals surface area contributed by atoms with Gasteiger partial charge in [0.1, 0.15) is 0 Å². The second-order valence-electron chi connectivity index (χ2n) is 0.360. The number of rotatable bonds is 2. The van der Waals surface area contributed by atoms with Crippen molar-refractivity contribution in [3.8, 4) is 0 Å². The van der Waals surface area contributed by atoms with Gasteiger partial charge in [-0.2, -0.15) is 0 Å². The summed E-state index contributed by atoms with van der Waals surface area (Å²) in [6, 6.07) is 0. The molecule has 0 spiro atoms. The molecule has 0 aromatic rings. The Labute approximate surface area is 76.3 Å². The van der Waals surface area contributed by atoms with Crippen LogP contribution in [0.15, 0.2) is 0 Å². The molecule has 0 saturated carbocycles. The number of aliphatic hydroxyl groups excluding tert-OH is 1. The van der Waals surface area contributed by atoms with Crippen molar-refractivity contribution in [1.29, 1.82) is 0 Å². The number of ether oxygens (including phenoxy) is 1. The summed E-state index contributed by atoms with van der Waals surface area (Å²) in [7, 11) is 0. The molecule has 0 aliphatic rings. The van der Waals surface area contributed by atoms with Crippen molar-refractivity contribution in [2.45, 2.75) is 0 Å². The molecule has 0 aliphatic carbocycles. The first-order valence-corrected chi connectivity index (χ1v) is 1.24. The van der Waals surface area contributed by atoms with Crippen LogP contribution in [0.1, 0.15) is 0 Å². The van der Waals surface area contributed by atoms with E-state index in [1.165, 1.54) is 0 Å². The molecule has 5 nitrogen and oxygen atoms in total. The van der Waals surface area contributed by atoms with E-state index in [2.05, 4.69) is 4.74 Å². The summed E-state index contributed by atoms with van der Waals surface area (Å²) in [5, 5.41) is 6.76. The number of carbonyl (C=O) groups excluding carboxylic acids is 2. The Balaban J connectivity index is -0.0000000800. The molecule has 0 aromatic carbocycles. The Kier molecular flexibility index (Phi) is 44.5. The molecule has 0 atom stereocenters. The molecule has 0 aromatic heterocycles. The van der Waals surface area contributed by atoms with Gasteiger partial charge in [0.05, 0.1) is 0 Å². The van der Waals surface area contributed by atoms with E-state index < -0.39 is 0 Å². The maximum atomic E-state index is 8.80. The quantitative estimate of drug-likeness (QED) is 0.450. The second kappa shape index (κ2) is 25.2. The molecule has 0 heterocycles. The molecule has 0 rings (SSSR count). The van der Waals surface area contributed by atoms with Crippen LogP contribution in [-0.4, -0.2) is 24.5 Å². The van der Waals surface area contributed by atoms with E-state index in [9.17, 15) is 0 Å². The smallest absolute Gasteiger partial charge is 0.783 e. The first kappa shape index (κ1) is 15.9. The van der Waals surface area contributed by atoms with Crippen molar-refractivity contribution in [2.24, 2.45) is 0 Å². The average Bonchev–Trinajstić information content (AvgIpc) is 1.71. The Morgan fingerprint density at radius 1 is 1.11 bits per heavy atom. The molecular weight excluding hydrogens is 205 g/mol. The standard InChI is InChI=1S/C2O3.CHO2.Y/c3-1-5-2-4;2-1-3;/h;(H,2,3);/q-2;-1;+3. The SMILES string of the molecule is O=[C-]O.O=[C-]O[C-]=O.[Y+3]. The Morgan fingerprint density at radius 3 is 1.33 bits per heavy atom. The van der Waals surface area contributed by atoms with E-state index in [-0.39, 0.29) is 32.7 Å². The van der Waals surface area contributed by atoms with Gasteiger partial charge in [0, 0.05) is 0 Å². The topological polar surface area (TPSA) is 80.7 Å². The van der Waals surface area contributed by atoms with Crippen molar-refractivity contribution in [3.05, 3.63) is 0 Å². The average molecular weight is 206 g/mol. The van der Waals surface area contributed by atoms with Gasteiger partial charge in [-0.15, -0.1) is 12.9 Å². The first-order valence-electron chi connectivity index (χ1n) is 1.24. The van der Waals surface area contributed by atoms with Crippen LogP contribution in [0.4, 0.5) is 0 Å². The molecule has 0 saturated heterocycles. The van der Waals surface area contributed by atoms with Gasteiger partial charge in [0.2, 0.25) is 0 Å². The zero-order valence-electron chi connectivity index (χ0n) is 4.16. The molecule has 6 heteroatoms. The summed E-state index contributed by atoms with van der Waals surface area (Å²) in [4.78, 5) is 25.8. The molecule has 9 heavy (non-hydrogen) atoms. The van der Waals surface area contributed by atoms with Crippen LogP contribution in [-0.2, 0) is 51.8 Å². The predicted molar refractivity (Wildman–Crippen MR) is 20.8 cm³/mol. The summed E-state index contributed by atoms with van der Waals surface area (Å²) in [6.45, 7) is 2.19. The minimum Gasteiger partial charge on any atom is -0.783 e. The molecule has 0 unspecified atom stereocenters. The van der Waals surface area contributed by atoms with Gasteiger partial charge < -0.3 is 24.2 Å². The third kappa shape index (κ3) is 85.7. The molecule has 0 amide bonds. The van der Waals surface area contributed by atoms with E-state index in [4.69, 9.17) is 19.5 Å². The zero-order chi connectivity index (χ0) is 6.83. The van der Waals surface area contributed by atoms with E-state index in [0.717, 1.165) is 12.9 Å². The molecule has 0 aliphatic heterocycles. The summed E-state index contributed by atoms with van der Waals surface area (Å²) in [6.07, 6.45) is 0. The van der Waals surface area contributed by atoms with Crippen molar-refractivity contribution >= 4 is 19.4 Å². The van der Waals surface area contributed by atoms with Crippen LogP contribution in [0.3, 0.4) is 0 Å². The van der Waals surface area contributed by atoms with Crippen molar-refractivity contribution < 1.29 is 56.9 Å². The van der Waals surface area contributed by atoms with E-state index in [1.54, 1.807) is 0 Å². The largest absolute Gasteiger partial charge is 3.00 e. The van der Waals surface area contributed by atoms with Crippen molar-refractivity contribution in [1.82, 2.24) is 0 Å². The minimum atomic E-state index is 0. The Morgan fingerprint density at radius 2 is 1.33 bits per heavy atom. The van der Waals surface area contributed by atoms with E-state index >= 15 is 0 Å². The summed E-state index contributed by atoms with van der Waals surface area (Å²) >= 11 is 0. The van der Waals surface area contributed by atoms with Gasteiger partial charge >= 0.3 is 32.7 Å². The maximum absolute atomic E-state index is 8.80. The second-order valence-corrected chi connectivity index (χ2v) is 0.360. The van der Waals surface area contributed by atoms with Gasteiger partial charge in [-0.05, 0) is 0 Å². The van der Waals surface area contributed by atoms with Crippen LogP contribution in [0, 0.1) is 0 Å². The molecule has 0 radical (unpaired) electrons. The van der Waals surface area contributed by atoms with Crippen LogP contribution in [0.2, 0.25) is 0 Å². The van der Waals surface area contributed by atoms with Crippen LogP contribution >= 0.6 is 0 Å². The molecule has 46 valence electrons. The number of hydrogen-bond acceptors (Lipinski definition) is 4. The summed E-state index contributed by atoms with van der Waals surface area (Å²) in [5.41, 5.74) is 0. The number of hydrogen-bond donors (Lipinski definition) is 1. The van der Waals surface area contributed by atoms with Gasteiger partial charge in [-0.3, -0.25) is 0 Å². The Bertz CT molecular complexity index is 66.6. The minimum absolute atomic E-state index is 0. The molecular formula is C3HO5Y. The fourth-order valence-corrected chi connectivity index (χ4v) is 0.0170. The fourth-order valence-electron chi connectivity index (χ4n) is 0.0170. The normalized spacial score (nSPS) is 4.44. The third-order valence-electron chi connectivity index (χ3n) is 0.0833. The van der Waals surface area contributed by atoms with Gasteiger partial charge in [0.25, 0.3) is 0 Å². The zero-order valence-corrected chi connectivity index (χ0v) is 7.00. The van der Waals surface area contributed by atoms with Crippen LogP contribution in [0.5, 0.6) is 0 Å². The maximum Gasteiger partial charge on any atom is 3.00 e. The molecule has 1 N–H and O–H groups in total. The summed E-state index contributed by atoms with van der Waals surface area (Å²) in [5.74, 6) is 0. The first-order chi connectivity index (χ1) is 3.83. The van der Waals surface area contributed by atoms with Gasteiger partial charge in [-0.1, -0.05) is 6.47 Å². The third-order valence-corrected chi connectivity index (χ3v) is 0.0833. The van der Waals surface area contributed by atoms with Gasteiger partial charge in [0.15, 0.2) is 0 Å². The van der Waals surface area contributed by atoms with Crippen LogP contribution < -0.4 is 0 Å². The van der Waals surface area contributed by atoms with E-state index in [0.29, 0.717) is 6.47 Å². The predicted octanol–water partition coefficient (Wildman–Crippen LogP) is -1.25. The Hall–Kier alpha value is -0.286. The summed E-state index contributed by atoms with van der Waals surface area (Å²) < 4.78 is 3.22. The van der Waals surface area contributed by atoms with Crippen LogP contribution in [0.25, 0.3) is 0 Å². The van der Waals surface area contributed by atoms with Crippen molar-refractivity contribution in [3.63, 3.8) is 0 Å². The van der Waals surface area contributed by atoms with E-state index in [1.807, 2.05) is 0 Å². The van der Waals surface area contributed by atoms with Gasteiger partial charge in [-0.25, -0.2) is 0 Å². The molecule has 0 fully saturated rings.